The van der Waals surface area contributed by atoms with E-state index in [4.69, 9.17) is 4.11 Å². The van der Waals surface area contributed by atoms with Gasteiger partial charge in [-0.3, -0.25) is 9.97 Å². The first-order valence-electron chi connectivity index (χ1n) is 7.88. The maximum absolute atomic E-state index is 7.98. The van der Waals surface area contributed by atoms with E-state index in [-0.39, 0.29) is 0 Å². The van der Waals surface area contributed by atoms with Crippen LogP contribution >= 0.6 is 0 Å². The van der Waals surface area contributed by atoms with Crippen LogP contribution in [-0.4, -0.2) is 18.9 Å². The van der Waals surface area contributed by atoms with Crippen LogP contribution in [0.25, 0.3) is 27.9 Å². The number of imidazole rings is 2. The zero-order chi connectivity index (χ0) is 15.8. The lowest BCUT2D eigenvalue weighted by atomic mass is 10.1. The van der Waals surface area contributed by atoms with Crippen LogP contribution in [0.1, 0.15) is 9.68 Å². The monoisotopic (exact) mass is 265 g/mol. The topological polar surface area (TPSA) is 39.0 Å². The molecule has 5 nitrogen and oxygen atoms in total. The van der Waals surface area contributed by atoms with E-state index in [1.807, 2.05) is 23.0 Å². The van der Waals surface area contributed by atoms with E-state index in [0.717, 1.165) is 22.3 Å². The number of fused-ring (bicyclic) bond motifs is 7. The maximum Gasteiger partial charge on any atom is 0.255 e. The van der Waals surface area contributed by atoms with Crippen LogP contribution in [0.5, 0.6) is 0 Å². The fraction of sp³-hybridized carbons (Fsp3) is 0.133. The van der Waals surface area contributed by atoms with E-state index in [9.17, 15) is 0 Å². The molecule has 0 N–H and O–H groups in total. The van der Waals surface area contributed by atoms with Crippen LogP contribution in [0.15, 0.2) is 43.2 Å². The third-order valence-electron chi connectivity index (χ3n) is 3.97. The normalized spacial score (nSPS) is 15.9. The molecule has 0 radical (unpaired) electrons. The van der Waals surface area contributed by atoms with Crippen LogP contribution in [0.4, 0.5) is 0 Å². The summed E-state index contributed by atoms with van der Waals surface area (Å²) in [5, 5.41) is 0. The minimum Gasteiger partial charge on any atom is -0.304 e. The zero-order valence-corrected chi connectivity index (χ0v) is 10.5. The number of aromatic nitrogens is 5. The summed E-state index contributed by atoms with van der Waals surface area (Å²) in [7, 11) is 0. The summed E-state index contributed by atoms with van der Waals surface area (Å²) in [5.74, 6) is 0. The van der Waals surface area contributed by atoms with Gasteiger partial charge in [0.1, 0.15) is 6.54 Å². The Morgan fingerprint density at radius 1 is 1.20 bits per heavy atom. The summed E-state index contributed by atoms with van der Waals surface area (Å²) in [6.07, 6.45) is 8.84. The van der Waals surface area contributed by atoms with Gasteiger partial charge in [-0.15, -0.1) is 0 Å². The van der Waals surface area contributed by atoms with Gasteiger partial charge in [-0.05, 0) is 12.1 Å². The Morgan fingerprint density at radius 2 is 2.10 bits per heavy atom. The van der Waals surface area contributed by atoms with Crippen LogP contribution in [-0.2, 0) is 13.5 Å². The van der Waals surface area contributed by atoms with E-state index >= 15 is 0 Å². The van der Waals surface area contributed by atoms with Crippen LogP contribution in [0, 0.1) is 0 Å². The van der Waals surface area contributed by atoms with Crippen molar-refractivity contribution in [3.8, 4) is 11.3 Å². The standard InChI is InChI=1S/C15H12N5/c1-18-12-3-5-17-7-13(12)20-9-19-8-10-6-16-4-2-11(10)14(19)15(18)20/h2-7,9H,8H2,1H3/q+1/i1D3. The minimum atomic E-state index is -2.27. The molecular formula is C15H12N5+. The van der Waals surface area contributed by atoms with Crippen molar-refractivity contribution in [2.75, 3.05) is 0 Å². The molecule has 0 fully saturated rings. The Morgan fingerprint density at radius 3 is 3.05 bits per heavy atom. The highest BCUT2D eigenvalue weighted by atomic mass is 15.2. The lowest BCUT2D eigenvalue weighted by Gasteiger charge is -1.95. The summed E-state index contributed by atoms with van der Waals surface area (Å²) in [6.45, 7) is -1.57. The molecule has 5 rings (SSSR count). The summed E-state index contributed by atoms with van der Waals surface area (Å²) < 4.78 is 29.3. The fourth-order valence-electron chi connectivity index (χ4n) is 3.11. The van der Waals surface area contributed by atoms with Crippen molar-refractivity contribution in [3.05, 3.63) is 48.8 Å². The molecule has 1 aliphatic rings. The summed E-state index contributed by atoms with van der Waals surface area (Å²) in [5.41, 5.74) is 5.15. The average molecular weight is 265 g/mol. The van der Waals surface area contributed by atoms with Crippen molar-refractivity contribution in [3.63, 3.8) is 0 Å². The molecule has 0 aromatic carbocycles. The van der Waals surface area contributed by atoms with Gasteiger partial charge in [0.25, 0.3) is 12.0 Å². The number of aryl methyl sites for hydroxylation is 1. The van der Waals surface area contributed by atoms with Gasteiger partial charge in [0.2, 0.25) is 5.69 Å². The van der Waals surface area contributed by atoms with Crippen molar-refractivity contribution >= 4 is 16.7 Å². The molecule has 4 aromatic heterocycles. The zero-order valence-electron chi connectivity index (χ0n) is 13.5. The summed E-state index contributed by atoms with van der Waals surface area (Å²) in [6, 6.07) is 3.68. The molecule has 0 aliphatic carbocycles. The van der Waals surface area contributed by atoms with E-state index in [2.05, 4.69) is 14.5 Å². The molecule has 0 unspecified atom stereocenters. The number of pyridine rings is 2. The molecule has 0 saturated carbocycles. The number of hydrogen-bond donors (Lipinski definition) is 0. The smallest absolute Gasteiger partial charge is 0.255 e. The van der Waals surface area contributed by atoms with Gasteiger partial charge in [0.15, 0.2) is 5.52 Å². The fourth-order valence-corrected chi connectivity index (χ4v) is 3.11. The van der Waals surface area contributed by atoms with E-state index in [1.54, 1.807) is 24.7 Å². The number of hydrogen-bond acceptors (Lipinski definition) is 2. The molecule has 4 aromatic rings. The van der Waals surface area contributed by atoms with Gasteiger partial charge in [-0.2, -0.15) is 4.40 Å². The second-order valence-electron chi connectivity index (χ2n) is 5.02. The summed E-state index contributed by atoms with van der Waals surface area (Å²) >= 11 is 0. The third kappa shape index (κ3) is 1.02. The average Bonchev–Trinajstić information content (AvgIpc) is 3.12. The van der Waals surface area contributed by atoms with Gasteiger partial charge >= 0.3 is 0 Å². The van der Waals surface area contributed by atoms with Gasteiger partial charge in [0.05, 0.1) is 11.7 Å². The van der Waals surface area contributed by atoms with Crippen molar-refractivity contribution in [1.82, 2.24) is 18.9 Å². The van der Waals surface area contributed by atoms with E-state index in [0.29, 0.717) is 17.7 Å². The summed E-state index contributed by atoms with van der Waals surface area (Å²) in [4.78, 5) is 8.31. The molecule has 5 heteroatoms. The Bertz CT molecular complexity index is 1090. The predicted molar refractivity (Wildman–Crippen MR) is 74.2 cm³/mol. The molecule has 0 bridgehead atoms. The largest absolute Gasteiger partial charge is 0.304 e. The molecule has 0 saturated heterocycles. The highest BCUT2D eigenvalue weighted by Gasteiger charge is 2.32. The lowest BCUT2D eigenvalue weighted by Crippen LogP contribution is -2.29. The maximum atomic E-state index is 7.98. The molecule has 0 spiro atoms. The second-order valence-corrected chi connectivity index (χ2v) is 5.02. The van der Waals surface area contributed by atoms with Crippen LogP contribution in [0.2, 0.25) is 0 Å². The minimum absolute atomic E-state index is 0.654. The molecule has 5 heterocycles. The Labute approximate surface area is 119 Å². The molecule has 0 amide bonds. The van der Waals surface area contributed by atoms with Crippen LogP contribution < -0.4 is 4.57 Å². The quantitative estimate of drug-likeness (QED) is 0.398. The highest BCUT2D eigenvalue weighted by molar-refractivity contribution is 5.87. The highest BCUT2D eigenvalue weighted by Crippen LogP contribution is 2.32. The van der Waals surface area contributed by atoms with Crippen molar-refractivity contribution in [2.45, 2.75) is 6.54 Å². The van der Waals surface area contributed by atoms with Crippen molar-refractivity contribution < 1.29 is 8.68 Å². The van der Waals surface area contributed by atoms with Crippen LogP contribution in [0.3, 0.4) is 0 Å². The van der Waals surface area contributed by atoms with Gasteiger partial charge in [-0.25, -0.2) is 4.57 Å². The van der Waals surface area contributed by atoms with Gasteiger partial charge < -0.3 is 4.57 Å². The Kier molecular flexibility index (Phi) is 1.27. The second kappa shape index (κ2) is 3.25. The van der Waals surface area contributed by atoms with Gasteiger partial charge in [-0.1, -0.05) is 0 Å². The first-order valence-corrected chi connectivity index (χ1v) is 6.38. The molecule has 96 valence electrons. The van der Waals surface area contributed by atoms with E-state index < -0.39 is 6.98 Å². The molecule has 20 heavy (non-hydrogen) atoms. The Hall–Kier alpha value is -2.69. The molecule has 0 atom stereocenters. The SMILES string of the molecule is [2H]C([2H])([2H])n1c2ccncc2n2c[n+]3c(c12)-c1ccncc1C3. The lowest BCUT2D eigenvalue weighted by molar-refractivity contribution is -0.671. The first-order chi connectivity index (χ1) is 11.1. The van der Waals surface area contributed by atoms with Crippen molar-refractivity contribution in [2.24, 2.45) is 6.98 Å². The first kappa shape index (κ1) is 7.79. The molecular weight excluding hydrogens is 250 g/mol. The van der Waals surface area contributed by atoms with Gasteiger partial charge in [0, 0.05) is 40.8 Å². The van der Waals surface area contributed by atoms with E-state index in [1.165, 1.54) is 4.57 Å². The Balaban J connectivity index is 2.02. The number of rotatable bonds is 0. The number of nitrogens with zero attached hydrogens (tertiary/aromatic N) is 5. The molecule has 1 aliphatic heterocycles. The third-order valence-corrected chi connectivity index (χ3v) is 3.97. The predicted octanol–water partition coefficient (Wildman–Crippen LogP) is 1.54. The van der Waals surface area contributed by atoms with Crippen molar-refractivity contribution in [1.29, 1.82) is 0 Å².